The molecule has 1 atom stereocenters. The van der Waals surface area contributed by atoms with Crippen LogP contribution in [0.5, 0.6) is 0 Å². The monoisotopic (exact) mass is 284 g/mol. The fourth-order valence-corrected chi connectivity index (χ4v) is 2.04. The van der Waals surface area contributed by atoms with Crippen molar-refractivity contribution in [2.45, 2.75) is 26.8 Å². The summed E-state index contributed by atoms with van der Waals surface area (Å²) in [5, 5.41) is 7.09. The molecule has 3 heterocycles. The molecule has 0 amide bonds. The van der Waals surface area contributed by atoms with Gasteiger partial charge in [0.15, 0.2) is 5.82 Å². The maximum absolute atomic E-state index is 5.60. The van der Waals surface area contributed by atoms with Crippen molar-refractivity contribution in [3.8, 4) is 11.5 Å². The molecule has 6 nitrogen and oxygen atoms in total. The van der Waals surface area contributed by atoms with Gasteiger partial charge in [0.25, 0.3) is 5.89 Å². The fourth-order valence-electron chi connectivity index (χ4n) is 2.04. The molecule has 6 heteroatoms. The summed E-state index contributed by atoms with van der Waals surface area (Å²) in [7, 11) is 0. The van der Waals surface area contributed by atoms with Crippen LogP contribution in [-0.2, 0) is 0 Å². The van der Waals surface area contributed by atoms with Gasteiger partial charge in [0.05, 0.1) is 6.04 Å². The zero-order valence-electron chi connectivity index (χ0n) is 12.1. The van der Waals surface area contributed by atoms with Gasteiger partial charge < -0.3 is 14.3 Å². The first-order chi connectivity index (χ1) is 10.1. The summed E-state index contributed by atoms with van der Waals surface area (Å²) >= 11 is 0. The van der Waals surface area contributed by atoms with Gasteiger partial charge in [-0.05, 0) is 45.0 Å². The molecule has 0 aliphatic heterocycles. The summed E-state index contributed by atoms with van der Waals surface area (Å²) in [5.41, 5.74) is 0.830. The van der Waals surface area contributed by atoms with Crippen molar-refractivity contribution in [2.24, 2.45) is 0 Å². The van der Waals surface area contributed by atoms with Gasteiger partial charge in [-0.2, -0.15) is 4.98 Å². The Bertz CT molecular complexity index is 747. The molecule has 0 fully saturated rings. The highest BCUT2D eigenvalue weighted by Crippen LogP contribution is 2.23. The van der Waals surface area contributed by atoms with Crippen LogP contribution in [0.1, 0.15) is 30.3 Å². The van der Waals surface area contributed by atoms with E-state index >= 15 is 0 Å². The third-order valence-corrected chi connectivity index (χ3v) is 3.09. The Morgan fingerprint density at radius 1 is 1.19 bits per heavy atom. The number of rotatable bonds is 4. The SMILES string of the molecule is Cc1noc(-c2ccnc(N[C@H](C)c3ccc(C)o3)c2)n1. The van der Waals surface area contributed by atoms with E-state index in [-0.39, 0.29) is 6.04 Å². The zero-order valence-corrected chi connectivity index (χ0v) is 12.1. The predicted molar refractivity (Wildman–Crippen MR) is 77.7 cm³/mol. The molecule has 0 aromatic carbocycles. The minimum atomic E-state index is 0.0193. The van der Waals surface area contributed by atoms with Gasteiger partial charge in [-0.15, -0.1) is 0 Å². The number of aromatic nitrogens is 3. The molecule has 0 bridgehead atoms. The minimum absolute atomic E-state index is 0.0193. The summed E-state index contributed by atoms with van der Waals surface area (Å²) in [6.45, 7) is 5.73. The van der Waals surface area contributed by atoms with Gasteiger partial charge in [0, 0.05) is 11.8 Å². The third kappa shape index (κ3) is 2.94. The lowest BCUT2D eigenvalue weighted by Gasteiger charge is -2.12. The molecule has 21 heavy (non-hydrogen) atoms. The van der Waals surface area contributed by atoms with Gasteiger partial charge in [-0.3, -0.25) is 0 Å². The highest BCUT2D eigenvalue weighted by atomic mass is 16.5. The number of hydrogen-bond donors (Lipinski definition) is 1. The van der Waals surface area contributed by atoms with Crippen molar-refractivity contribution in [1.82, 2.24) is 15.1 Å². The van der Waals surface area contributed by atoms with E-state index in [2.05, 4.69) is 20.4 Å². The average Bonchev–Trinajstić information content (AvgIpc) is 3.08. The largest absolute Gasteiger partial charge is 0.464 e. The molecule has 0 radical (unpaired) electrons. The number of furan rings is 1. The second-order valence-corrected chi connectivity index (χ2v) is 4.89. The van der Waals surface area contributed by atoms with E-state index in [1.165, 1.54) is 0 Å². The van der Waals surface area contributed by atoms with Crippen molar-refractivity contribution in [2.75, 3.05) is 5.32 Å². The molecule has 0 aliphatic rings. The van der Waals surface area contributed by atoms with Crippen LogP contribution in [-0.4, -0.2) is 15.1 Å². The average molecular weight is 284 g/mol. The Labute approximate surface area is 122 Å². The molecular formula is C15H16N4O2. The summed E-state index contributed by atoms with van der Waals surface area (Å²) in [5.74, 6) is 3.58. The number of nitrogens with zero attached hydrogens (tertiary/aromatic N) is 3. The Hall–Kier alpha value is -2.63. The lowest BCUT2D eigenvalue weighted by atomic mass is 10.2. The second-order valence-electron chi connectivity index (χ2n) is 4.89. The molecule has 3 aromatic rings. The maximum Gasteiger partial charge on any atom is 0.258 e. The number of anilines is 1. The number of aryl methyl sites for hydroxylation is 2. The van der Waals surface area contributed by atoms with Crippen LogP contribution < -0.4 is 5.32 Å². The number of pyridine rings is 1. The van der Waals surface area contributed by atoms with Crippen LogP contribution in [0.3, 0.4) is 0 Å². The van der Waals surface area contributed by atoms with Crippen LogP contribution in [0.25, 0.3) is 11.5 Å². The van der Waals surface area contributed by atoms with Crippen LogP contribution in [0.15, 0.2) is 39.4 Å². The van der Waals surface area contributed by atoms with Crippen molar-refractivity contribution < 1.29 is 8.94 Å². The highest BCUT2D eigenvalue weighted by Gasteiger charge is 2.12. The highest BCUT2D eigenvalue weighted by molar-refractivity contribution is 5.58. The van der Waals surface area contributed by atoms with Crippen LogP contribution in [0.4, 0.5) is 5.82 Å². The summed E-state index contributed by atoms with van der Waals surface area (Å²) in [6.07, 6.45) is 1.71. The van der Waals surface area contributed by atoms with Gasteiger partial charge in [0.1, 0.15) is 17.3 Å². The zero-order chi connectivity index (χ0) is 14.8. The third-order valence-electron chi connectivity index (χ3n) is 3.09. The molecule has 0 saturated carbocycles. The van der Waals surface area contributed by atoms with E-state index in [1.807, 2.05) is 38.1 Å². The molecule has 3 aromatic heterocycles. The molecule has 108 valence electrons. The van der Waals surface area contributed by atoms with E-state index in [1.54, 1.807) is 13.1 Å². The maximum atomic E-state index is 5.60. The lowest BCUT2D eigenvalue weighted by Crippen LogP contribution is -2.06. The molecule has 3 rings (SSSR count). The van der Waals surface area contributed by atoms with E-state index in [0.717, 1.165) is 22.9 Å². The van der Waals surface area contributed by atoms with E-state index in [9.17, 15) is 0 Å². The fraction of sp³-hybridized carbons (Fsp3) is 0.267. The van der Waals surface area contributed by atoms with E-state index in [4.69, 9.17) is 8.94 Å². The second kappa shape index (κ2) is 5.40. The van der Waals surface area contributed by atoms with Gasteiger partial charge in [-0.25, -0.2) is 4.98 Å². The minimum Gasteiger partial charge on any atom is -0.464 e. The van der Waals surface area contributed by atoms with Crippen molar-refractivity contribution >= 4 is 5.82 Å². The van der Waals surface area contributed by atoms with Gasteiger partial charge in [0.2, 0.25) is 0 Å². The van der Waals surface area contributed by atoms with Crippen molar-refractivity contribution in [3.05, 3.63) is 47.8 Å². The first kappa shape index (κ1) is 13.4. The summed E-state index contributed by atoms with van der Waals surface area (Å²) in [4.78, 5) is 8.51. The Balaban J connectivity index is 1.80. The molecule has 0 spiro atoms. The normalized spacial score (nSPS) is 12.3. The lowest BCUT2D eigenvalue weighted by molar-refractivity contribution is 0.425. The molecular weight excluding hydrogens is 268 g/mol. The summed E-state index contributed by atoms with van der Waals surface area (Å²) < 4.78 is 10.8. The van der Waals surface area contributed by atoms with E-state index in [0.29, 0.717) is 11.7 Å². The van der Waals surface area contributed by atoms with Gasteiger partial charge >= 0.3 is 0 Å². The first-order valence-electron chi connectivity index (χ1n) is 6.71. The Kier molecular flexibility index (Phi) is 3.43. The summed E-state index contributed by atoms with van der Waals surface area (Å²) in [6, 6.07) is 7.63. The number of hydrogen-bond acceptors (Lipinski definition) is 6. The molecule has 0 saturated heterocycles. The molecule has 0 unspecified atom stereocenters. The Morgan fingerprint density at radius 3 is 2.71 bits per heavy atom. The smallest absolute Gasteiger partial charge is 0.258 e. The number of nitrogens with one attached hydrogen (secondary N) is 1. The molecule has 1 N–H and O–H groups in total. The van der Waals surface area contributed by atoms with Gasteiger partial charge in [-0.1, -0.05) is 5.16 Å². The first-order valence-corrected chi connectivity index (χ1v) is 6.71. The quantitative estimate of drug-likeness (QED) is 0.790. The van der Waals surface area contributed by atoms with E-state index < -0.39 is 0 Å². The van der Waals surface area contributed by atoms with Crippen LogP contribution >= 0.6 is 0 Å². The standard InChI is InChI=1S/C15H16N4O2/c1-9-4-5-13(20-9)10(2)17-14-8-12(6-7-16-14)15-18-11(3)19-21-15/h4-8,10H,1-3H3,(H,16,17)/t10-/m1/s1. The van der Waals surface area contributed by atoms with Crippen LogP contribution in [0.2, 0.25) is 0 Å². The topological polar surface area (TPSA) is 77.0 Å². The predicted octanol–water partition coefficient (Wildman–Crippen LogP) is 3.51. The molecule has 0 aliphatic carbocycles. The van der Waals surface area contributed by atoms with Crippen LogP contribution in [0, 0.1) is 13.8 Å². The van der Waals surface area contributed by atoms with Crippen molar-refractivity contribution in [3.63, 3.8) is 0 Å². The Morgan fingerprint density at radius 2 is 2.05 bits per heavy atom. The van der Waals surface area contributed by atoms with Crippen molar-refractivity contribution in [1.29, 1.82) is 0 Å².